The molecule has 5 N–H and O–H groups in total. The number of hydrogen-bond acceptors (Lipinski definition) is 11. The summed E-state index contributed by atoms with van der Waals surface area (Å²) in [5.74, 6) is -1.14. The number of hydrogen-bond donors (Lipinski definition) is 5. The second kappa shape index (κ2) is 40.3. The third-order valence-corrected chi connectivity index (χ3v) is 9.75. The van der Waals surface area contributed by atoms with Crippen molar-refractivity contribution in [2.24, 2.45) is 0 Å². The Hall–Kier alpha value is -2.74. The zero-order valence-electron chi connectivity index (χ0n) is 35.7. The summed E-state index contributed by atoms with van der Waals surface area (Å²) in [6.07, 6.45) is 43.1. The van der Waals surface area contributed by atoms with E-state index in [0.29, 0.717) is 19.3 Å². The first-order valence-corrected chi connectivity index (χ1v) is 24.4. The molecule has 60 heavy (non-hydrogen) atoms. The van der Waals surface area contributed by atoms with E-state index in [-0.39, 0.29) is 19.4 Å². The van der Waals surface area contributed by atoms with Gasteiger partial charge in [0.15, 0.2) is 6.10 Å². The molecule has 0 fully saturated rings. The van der Waals surface area contributed by atoms with Gasteiger partial charge in [-0.3, -0.25) is 23.2 Å². The van der Waals surface area contributed by atoms with Gasteiger partial charge in [0.25, 0.3) is 0 Å². The second-order valence-electron chi connectivity index (χ2n) is 14.0. The van der Waals surface area contributed by atoms with E-state index in [1.165, 1.54) is 0 Å². The van der Waals surface area contributed by atoms with E-state index in [9.17, 15) is 28.7 Å². The van der Waals surface area contributed by atoms with E-state index in [2.05, 4.69) is 88.9 Å². The topological polar surface area (TPSA) is 216 Å². The number of unbranched alkanes of at least 4 members (excludes halogenated alkanes) is 9. The van der Waals surface area contributed by atoms with Crippen molar-refractivity contribution in [3.05, 3.63) is 85.1 Å². The van der Waals surface area contributed by atoms with Gasteiger partial charge in [0, 0.05) is 19.4 Å². The summed E-state index contributed by atoms with van der Waals surface area (Å²) in [5, 5.41) is 18.5. The highest BCUT2D eigenvalue weighted by Gasteiger charge is 2.28. The van der Waals surface area contributed by atoms with Crippen LogP contribution >= 0.6 is 15.6 Å². The lowest BCUT2D eigenvalue weighted by Gasteiger charge is -2.20. The first-order chi connectivity index (χ1) is 28.9. The molecule has 344 valence electrons. The quantitative estimate of drug-likeness (QED) is 0.0168. The smallest absolute Gasteiger partial charge is 0.462 e. The minimum atomic E-state index is -4.88. The average Bonchev–Trinajstić information content (AvgIpc) is 3.21. The van der Waals surface area contributed by atoms with Crippen molar-refractivity contribution in [3.63, 3.8) is 0 Å². The molecule has 0 amide bonds. The SMILES string of the molecule is CC/C=C\C/C=C\C/C=C\CCCCCCCC(=O)OC[C@H](COP(=O)(O)OC[C@@H](O)COP(=O)(O)O)OC(=O)CCC/C=C\C/C=C\C/C=C\C/C=C\CCCCCO. The largest absolute Gasteiger partial charge is 0.472 e. The number of phosphoric acid groups is 2. The first-order valence-electron chi connectivity index (χ1n) is 21.4. The zero-order valence-corrected chi connectivity index (χ0v) is 37.5. The van der Waals surface area contributed by atoms with Gasteiger partial charge in [-0.2, -0.15) is 0 Å². The van der Waals surface area contributed by atoms with E-state index in [4.69, 9.17) is 28.9 Å². The van der Waals surface area contributed by atoms with Crippen LogP contribution in [0.5, 0.6) is 0 Å². The highest BCUT2D eigenvalue weighted by Crippen LogP contribution is 2.43. The van der Waals surface area contributed by atoms with Gasteiger partial charge in [-0.15, -0.1) is 0 Å². The molecule has 16 heteroatoms. The highest BCUT2D eigenvalue weighted by atomic mass is 31.2. The molecule has 0 saturated heterocycles. The summed E-state index contributed by atoms with van der Waals surface area (Å²) < 4.78 is 47.6. The van der Waals surface area contributed by atoms with Crippen molar-refractivity contribution < 1.29 is 66.7 Å². The van der Waals surface area contributed by atoms with Crippen molar-refractivity contribution in [2.45, 2.75) is 148 Å². The first kappa shape index (κ1) is 57.3. The van der Waals surface area contributed by atoms with Gasteiger partial charge >= 0.3 is 27.6 Å². The van der Waals surface area contributed by atoms with Crippen LogP contribution in [0.2, 0.25) is 0 Å². The molecule has 1 unspecified atom stereocenters. The Morgan fingerprint density at radius 1 is 0.517 bits per heavy atom. The van der Waals surface area contributed by atoms with Gasteiger partial charge in [-0.05, 0) is 89.9 Å². The third-order valence-electron chi connectivity index (χ3n) is 8.31. The highest BCUT2D eigenvalue weighted by molar-refractivity contribution is 7.47. The molecule has 0 aliphatic carbocycles. The summed E-state index contributed by atoms with van der Waals surface area (Å²) in [6, 6.07) is 0. The van der Waals surface area contributed by atoms with Crippen LogP contribution in [-0.2, 0) is 41.8 Å². The van der Waals surface area contributed by atoms with Gasteiger partial charge in [0.1, 0.15) is 12.7 Å². The lowest BCUT2D eigenvalue weighted by atomic mass is 10.1. The third kappa shape index (κ3) is 43.4. The molecule has 0 rings (SSSR count). The molecule has 0 aliphatic heterocycles. The molecule has 0 radical (unpaired) electrons. The van der Waals surface area contributed by atoms with Gasteiger partial charge in [0.2, 0.25) is 0 Å². The van der Waals surface area contributed by atoms with Gasteiger partial charge < -0.3 is 34.4 Å². The van der Waals surface area contributed by atoms with E-state index in [1.807, 2.05) is 12.2 Å². The van der Waals surface area contributed by atoms with Crippen LogP contribution in [0.1, 0.15) is 135 Å². The molecule has 14 nitrogen and oxygen atoms in total. The number of esters is 2. The lowest BCUT2D eigenvalue weighted by molar-refractivity contribution is -0.161. The predicted octanol–water partition coefficient (Wildman–Crippen LogP) is 9.75. The molecule has 3 atom stereocenters. The number of carbonyl (C=O) groups is 2. The summed E-state index contributed by atoms with van der Waals surface area (Å²) in [4.78, 5) is 52.6. The lowest BCUT2D eigenvalue weighted by Crippen LogP contribution is -2.29. The molecular weight excluding hydrogens is 814 g/mol. The average molecular weight is 889 g/mol. The number of allylic oxidation sites excluding steroid dienone is 14. The summed E-state index contributed by atoms with van der Waals surface area (Å²) in [7, 11) is -9.71. The number of ether oxygens (including phenoxy) is 2. The summed E-state index contributed by atoms with van der Waals surface area (Å²) >= 11 is 0. The molecule has 0 saturated carbocycles. The van der Waals surface area contributed by atoms with E-state index in [1.54, 1.807) is 0 Å². The normalized spacial score (nSPS) is 14.8. The minimum absolute atomic E-state index is 0.0371. The fourth-order valence-electron chi connectivity index (χ4n) is 5.10. The van der Waals surface area contributed by atoms with Crippen molar-refractivity contribution in [3.8, 4) is 0 Å². The van der Waals surface area contributed by atoms with E-state index in [0.717, 1.165) is 96.3 Å². The van der Waals surface area contributed by atoms with Gasteiger partial charge in [0.05, 0.1) is 19.8 Å². The van der Waals surface area contributed by atoms with Crippen LogP contribution in [0.15, 0.2) is 85.1 Å². The van der Waals surface area contributed by atoms with Crippen LogP contribution in [-0.4, -0.2) is 82.1 Å². The number of phosphoric ester groups is 2. The van der Waals surface area contributed by atoms with Crippen LogP contribution in [0.4, 0.5) is 0 Å². The van der Waals surface area contributed by atoms with Crippen molar-refractivity contribution in [1.82, 2.24) is 0 Å². The van der Waals surface area contributed by atoms with E-state index >= 15 is 0 Å². The predicted molar refractivity (Wildman–Crippen MR) is 236 cm³/mol. The molecular formula is C44H74O14P2. The maximum atomic E-state index is 12.6. The summed E-state index contributed by atoms with van der Waals surface area (Å²) in [5.41, 5.74) is 0. The standard InChI is InChI=1S/C44H74O14P2/c1-2-3-4-5-6-7-8-9-13-16-19-22-25-28-31-34-43(47)54-39-42(40-57-60(52,53)56-38-41(46)37-55-59(49,50)51)58-44(48)35-32-29-26-23-20-17-14-11-10-12-15-18-21-24-27-30-33-36-45/h3-4,6-7,9-10,12-14,17-18,21,23,26,41-42,45-46H,2,5,8,11,15-16,19-20,22,24-25,27-40H2,1H3,(H,52,53)(H2,49,50,51)/b4-3-,7-6-,12-10-,13-9-,17-14-,21-18-,26-23-/t41-,42+/m0/s1. The second-order valence-corrected chi connectivity index (χ2v) is 16.6. The Bertz CT molecular complexity index is 1380. The Morgan fingerprint density at radius 3 is 1.48 bits per heavy atom. The molecule has 0 spiro atoms. The molecule has 0 aliphatic rings. The van der Waals surface area contributed by atoms with Gasteiger partial charge in [-0.1, -0.05) is 118 Å². The number of aliphatic hydroxyl groups is 2. The molecule has 0 aromatic rings. The Labute approximate surface area is 359 Å². The molecule has 0 heterocycles. The zero-order chi connectivity index (χ0) is 44.4. The van der Waals surface area contributed by atoms with Crippen LogP contribution in [0.25, 0.3) is 0 Å². The molecule has 0 aromatic carbocycles. The van der Waals surface area contributed by atoms with E-state index < -0.39 is 66.2 Å². The summed E-state index contributed by atoms with van der Waals surface area (Å²) in [6.45, 7) is -0.453. The van der Waals surface area contributed by atoms with Crippen LogP contribution < -0.4 is 0 Å². The number of carbonyl (C=O) groups excluding carboxylic acids is 2. The fraction of sp³-hybridized carbons (Fsp3) is 0.636. The monoisotopic (exact) mass is 888 g/mol. The Morgan fingerprint density at radius 2 is 0.950 bits per heavy atom. The van der Waals surface area contributed by atoms with Crippen LogP contribution in [0, 0.1) is 0 Å². The number of aliphatic hydroxyl groups excluding tert-OH is 2. The maximum Gasteiger partial charge on any atom is 0.472 e. The van der Waals surface area contributed by atoms with Crippen molar-refractivity contribution >= 4 is 27.6 Å². The molecule has 0 aromatic heterocycles. The van der Waals surface area contributed by atoms with Gasteiger partial charge in [-0.25, -0.2) is 9.13 Å². The van der Waals surface area contributed by atoms with Crippen molar-refractivity contribution in [1.29, 1.82) is 0 Å². The number of rotatable bonds is 40. The Kier molecular flexibility index (Phi) is 38.5. The minimum Gasteiger partial charge on any atom is -0.462 e. The molecule has 0 bridgehead atoms. The fourth-order valence-corrected chi connectivity index (χ4v) is 6.25. The van der Waals surface area contributed by atoms with Crippen LogP contribution in [0.3, 0.4) is 0 Å². The Balaban J connectivity index is 4.66. The maximum absolute atomic E-state index is 12.6. The van der Waals surface area contributed by atoms with Crippen molar-refractivity contribution in [2.75, 3.05) is 33.0 Å².